The zero-order valence-electron chi connectivity index (χ0n) is 30.6. The summed E-state index contributed by atoms with van der Waals surface area (Å²) in [6.07, 6.45) is -0.186. The van der Waals surface area contributed by atoms with Crippen molar-refractivity contribution in [2.45, 2.75) is 90.0 Å². The summed E-state index contributed by atoms with van der Waals surface area (Å²) in [5.41, 5.74) is 5.23. The molecular weight excluding hydrogens is 661 g/mol. The predicted octanol–water partition coefficient (Wildman–Crippen LogP) is 4.33. The number of hydrogen-bond acceptors (Lipinski definition) is 9. The van der Waals surface area contributed by atoms with E-state index in [9.17, 15) is 19.8 Å². The van der Waals surface area contributed by atoms with E-state index in [1.807, 2.05) is 112 Å². The quantitative estimate of drug-likeness (QED) is 0.113. The monoisotopic (exact) mass is 714 g/mol. The van der Waals surface area contributed by atoms with E-state index in [1.54, 1.807) is 35.6 Å². The van der Waals surface area contributed by atoms with Crippen LogP contribution in [0.3, 0.4) is 0 Å². The largest absolute Gasteiger partial charge is 0.389 e. The maximum absolute atomic E-state index is 14.0. The predicted molar refractivity (Wildman–Crippen MR) is 203 cm³/mol. The summed E-state index contributed by atoms with van der Waals surface area (Å²) in [6, 6.07) is 22.4. The van der Waals surface area contributed by atoms with Gasteiger partial charge in [0.25, 0.3) is 0 Å². The molecule has 0 spiro atoms. The summed E-state index contributed by atoms with van der Waals surface area (Å²) in [4.78, 5) is 39.9. The molecule has 0 unspecified atom stereocenters. The van der Waals surface area contributed by atoms with E-state index in [0.29, 0.717) is 25.9 Å². The van der Waals surface area contributed by atoms with Crippen LogP contribution in [0.1, 0.15) is 50.2 Å². The molecule has 0 aliphatic heterocycles. The molecule has 4 aromatic rings. The van der Waals surface area contributed by atoms with Crippen LogP contribution in [-0.2, 0) is 35.5 Å². The van der Waals surface area contributed by atoms with Gasteiger partial charge < -0.3 is 20.0 Å². The number of likely N-dealkylation sites (N-methyl/N-ethyl adjacent to an activating group) is 2. The molecule has 2 aromatic heterocycles. The molecule has 0 saturated carbocycles. The number of hydrogen-bond donors (Lipinski definition) is 4. The number of carbonyl (C=O) groups excluding carboxylic acids is 2. The van der Waals surface area contributed by atoms with Crippen molar-refractivity contribution in [3.05, 3.63) is 118 Å². The Kier molecular flexibility index (Phi) is 15.3. The highest BCUT2D eigenvalue weighted by molar-refractivity contribution is 7.07. The molecule has 0 radical (unpaired) electrons. The first-order valence-corrected chi connectivity index (χ1v) is 18.6. The van der Waals surface area contributed by atoms with Gasteiger partial charge in [0.2, 0.25) is 11.8 Å². The lowest BCUT2D eigenvalue weighted by Gasteiger charge is -2.38. The lowest BCUT2D eigenvalue weighted by molar-refractivity contribution is -0.136. The van der Waals surface area contributed by atoms with Gasteiger partial charge >= 0.3 is 0 Å². The van der Waals surface area contributed by atoms with Crippen molar-refractivity contribution in [3.63, 3.8) is 0 Å². The Morgan fingerprint density at radius 2 is 1.12 bits per heavy atom. The maximum Gasteiger partial charge on any atom is 0.240 e. The number of nitrogens with zero attached hydrogens (tertiary/aromatic N) is 4. The SMILES string of the molecule is CC(C)[C@H](N[C@@H](Cc1ccccc1)[C@H](O)[C@@H](O)[C@H](Cc1ccccc1)N[C@H](C(=O)N(C)Cc1cscn1)C(C)C)C(=O)N(C)Cc1ccccn1. The van der Waals surface area contributed by atoms with E-state index in [-0.39, 0.29) is 23.7 Å². The minimum atomic E-state index is -1.31. The van der Waals surface area contributed by atoms with Crippen molar-refractivity contribution in [1.29, 1.82) is 0 Å². The molecule has 274 valence electrons. The number of pyridine rings is 1. The zero-order valence-corrected chi connectivity index (χ0v) is 31.4. The van der Waals surface area contributed by atoms with Crippen LogP contribution in [0.4, 0.5) is 0 Å². The standard InChI is InChI=1S/C40H54N6O4S/c1-27(2)35(39(49)45(5)23-31-19-13-14-20-41-31)43-33(21-29-15-9-7-10-16-29)37(47)38(48)34(22-30-17-11-8-12-18-30)44-36(28(3)4)40(50)46(6)24-32-25-51-26-42-32/h7-20,25-28,33-38,43-44,47-48H,21-24H2,1-6H3/t33-,34-,35-,36-,37-,38-/m0/s1. The van der Waals surface area contributed by atoms with Gasteiger partial charge in [0.1, 0.15) is 0 Å². The van der Waals surface area contributed by atoms with E-state index in [2.05, 4.69) is 20.6 Å². The van der Waals surface area contributed by atoms with Crippen molar-refractivity contribution >= 4 is 23.2 Å². The number of aromatic nitrogens is 2. The summed E-state index contributed by atoms with van der Waals surface area (Å²) in [7, 11) is 3.50. The average molecular weight is 715 g/mol. The van der Waals surface area contributed by atoms with Gasteiger partial charge in [-0.2, -0.15) is 0 Å². The Labute approximate surface area is 307 Å². The van der Waals surface area contributed by atoms with E-state index in [0.717, 1.165) is 22.5 Å². The second kappa shape index (κ2) is 19.6. The Balaban J connectivity index is 1.62. The minimum absolute atomic E-state index is 0.117. The van der Waals surface area contributed by atoms with Crippen LogP contribution in [0.2, 0.25) is 0 Å². The van der Waals surface area contributed by atoms with Crippen molar-refractivity contribution in [2.75, 3.05) is 14.1 Å². The smallest absolute Gasteiger partial charge is 0.240 e. The van der Waals surface area contributed by atoms with Gasteiger partial charge in [0, 0.05) is 37.8 Å². The average Bonchev–Trinajstić information content (AvgIpc) is 3.64. The summed E-state index contributed by atoms with van der Waals surface area (Å²) < 4.78 is 0. The number of carbonyl (C=O) groups is 2. The minimum Gasteiger partial charge on any atom is -0.389 e. The molecule has 0 aliphatic carbocycles. The number of amides is 2. The van der Waals surface area contributed by atoms with E-state index in [4.69, 9.17) is 0 Å². The van der Waals surface area contributed by atoms with Crippen LogP contribution in [0.15, 0.2) is 96.0 Å². The third kappa shape index (κ3) is 11.8. The summed E-state index contributed by atoms with van der Waals surface area (Å²) >= 11 is 1.48. The molecule has 0 fully saturated rings. The first-order valence-electron chi connectivity index (χ1n) is 17.7. The number of nitrogens with one attached hydrogen (secondary N) is 2. The van der Waals surface area contributed by atoms with Gasteiger partial charge in [0.05, 0.1) is 54.3 Å². The molecule has 51 heavy (non-hydrogen) atoms. The second-order valence-electron chi connectivity index (χ2n) is 14.0. The summed E-state index contributed by atoms with van der Waals surface area (Å²) in [6.45, 7) is 8.57. The van der Waals surface area contributed by atoms with Crippen molar-refractivity contribution in [1.82, 2.24) is 30.4 Å². The first-order chi connectivity index (χ1) is 24.4. The lowest BCUT2D eigenvalue weighted by atomic mass is 9.88. The third-order valence-corrected chi connectivity index (χ3v) is 9.82. The summed E-state index contributed by atoms with van der Waals surface area (Å²) in [5.74, 6) is -0.504. The Morgan fingerprint density at radius 3 is 1.51 bits per heavy atom. The molecule has 0 saturated heterocycles. The van der Waals surface area contributed by atoms with Gasteiger partial charge in [-0.3, -0.25) is 25.2 Å². The van der Waals surface area contributed by atoms with Crippen molar-refractivity contribution < 1.29 is 19.8 Å². The van der Waals surface area contributed by atoms with Crippen molar-refractivity contribution in [2.24, 2.45) is 11.8 Å². The molecular formula is C40H54N6O4S. The van der Waals surface area contributed by atoms with E-state index < -0.39 is 36.4 Å². The Bertz CT molecular complexity index is 1590. The normalized spacial score (nSPS) is 15.2. The fourth-order valence-corrected chi connectivity index (χ4v) is 6.80. The van der Waals surface area contributed by atoms with Gasteiger partial charge in [0.15, 0.2) is 0 Å². The Hall–Kier alpha value is -4.00. The molecule has 4 rings (SSSR count). The van der Waals surface area contributed by atoms with Gasteiger partial charge in [-0.1, -0.05) is 94.4 Å². The first kappa shape index (κ1) is 39.8. The molecule has 10 nitrogen and oxygen atoms in total. The fraction of sp³-hybridized carbons (Fsp3) is 0.450. The zero-order chi connectivity index (χ0) is 36.9. The fourth-order valence-electron chi connectivity index (χ4n) is 6.25. The highest BCUT2D eigenvalue weighted by Crippen LogP contribution is 2.20. The third-order valence-electron chi connectivity index (χ3n) is 9.18. The molecule has 0 aliphatic rings. The molecule has 4 N–H and O–H groups in total. The van der Waals surface area contributed by atoms with Gasteiger partial charge in [-0.05, 0) is 47.9 Å². The number of aliphatic hydroxyl groups excluding tert-OH is 2. The highest BCUT2D eigenvalue weighted by Gasteiger charge is 2.38. The number of benzene rings is 2. The highest BCUT2D eigenvalue weighted by atomic mass is 32.1. The van der Waals surface area contributed by atoms with Crippen LogP contribution in [0, 0.1) is 11.8 Å². The van der Waals surface area contributed by atoms with Crippen molar-refractivity contribution in [3.8, 4) is 0 Å². The topological polar surface area (TPSA) is 131 Å². The molecule has 6 atom stereocenters. The van der Waals surface area contributed by atoms with Gasteiger partial charge in [-0.25, -0.2) is 4.98 Å². The lowest BCUT2D eigenvalue weighted by Crippen LogP contribution is -2.62. The number of rotatable bonds is 19. The molecule has 2 heterocycles. The van der Waals surface area contributed by atoms with Crippen LogP contribution in [0.25, 0.3) is 0 Å². The second-order valence-corrected chi connectivity index (χ2v) is 14.8. The van der Waals surface area contributed by atoms with Crippen LogP contribution < -0.4 is 10.6 Å². The number of thiazole rings is 1. The molecule has 0 bridgehead atoms. The van der Waals surface area contributed by atoms with E-state index in [1.165, 1.54) is 11.3 Å². The molecule has 2 amide bonds. The van der Waals surface area contributed by atoms with E-state index >= 15 is 0 Å². The van der Waals surface area contributed by atoms with Crippen LogP contribution in [0.5, 0.6) is 0 Å². The maximum atomic E-state index is 14.0. The summed E-state index contributed by atoms with van der Waals surface area (Å²) in [5, 5.41) is 33.2. The van der Waals surface area contributed by atoms with Crippen LogP contribution in [-0.4, -0.2) is 92.3 Å². The molecule has 2 aromatic carbocycles. The number of aliphatic hydroxyl groups is 2. The Morgan fingerprint density at radius 1 is 0.667 bits per heavy atom. The van der Waals surface area contributed by atoms with Gasteiger partial charge in [-0.15, -0.1) is 11.3 Å². The van der Waals surface area contributed by atoms with Crippen LogP contribution >= 0.6 is 11.3 Å². The molecule has 11 heteroatoms.